The van der Waals surface area contributed by atoms with Gasteiger partial charge < -0.3 is 5.32 Å². The summed E-state index contributed by atoms with van der Waals surface area (Å²) in [4.78, 5) is 2.56. The molecule has 0 aromatic carbocycles. The number of aromatic nitrogens is 2. The van der Waals surface area contributed by atoms with E-state index >= 15 is 0 Å². The van der Waals surface area contributed by atoms with Crippen LogP contribution in [0.1, 0.15) is 46.1 Å². The average Bonchev–Trinajstić information content (AvgIpc) is 2.85. The second-order valence-corrected chi connectivity index (χ2v) is 7.05. The molecule has 2 heterocycles. The first kappa shape index (κ1) is 15.5. The minimum Gasteiger partial charge on any atom is -0.312 e. The molecule has 1 aromatic heterocycles. The van der Waals surface area contributed by atoms with Crippen LogP contribution in [-0.2, 0) is 13.1 Å². The van der Waals surface area contributed by atoms with Gasteiger partial charge in [0, 0.05) is 30.4 Å². The van der Waals surface area contributed by atoms with Gasteiger partial charge in [-0.15, -0.1) is 0 Å². The molecule has 0 spiro atoms. The lowest BCUT2D eigenvalue weighted by Gasteiger charge is -2.33. The van der Waals surface area contributed by atoms with Gasteiger partial charge in [0.2, 0.25) is 0 Å². The zero-order valence-electron chi connectivity index (χ0n) is 13.5. The largest absolute Gasteiger partial charge is 0.312 e. The highest BCUT2D eigenvalue weighted by Gasteiger charge is 2.21. The first-order chi connectivity index (χ1) is 9.46. The van der Waals surface area contributed by atoms with E-state index in [0.717, 1.165) is 25.6 Å². The summed E-state index contributed by atoms with van der Waals surface area (Å²) in [5.41, 5.74) is 1.59. The maximum Gasteiger partial charge on any atom is 0.0534 e. The van der Waals surface area contributed by atoms with Crippen molar-refractivity contribution >= 4 is 0 Å². The summed E-state index contributed by atoms with van der Waals surface area (Å²) in [6.45, 7) is 14.5. The molecule has 1 aromatic rings. The second-order valence-electron chi connectivity index (χ2n) is 7.05. The Morgan fingerprint density at radius 3 is 2.55 bits per heavy atom. The van der Waals surface area contributed by atoms with E-state index < -0.39 is 0 Å². The van der Waals surface area contributed by atoms with Crippen LogP contribution in [0.4, 0.5) is 0 Å². The van der Waals surface area contributed by atoms with Crippen LogP contribution in [0.3, 0.4) is 0 Å². The summed E-state index contributed by atoms with van der Waals surface area (Å²) in [5.74, 6) is 0.837. The first-order valence-corrected chi connectivity index (χ1v) is 7.95. The summed E-state index contributed by atoms with van der Waals surface area (Å²) in [7, 11) is 0. The summed E-state index contributed by atoms with van der Waals surface area (Å²) < 4.78 is 2.01. The number of nitrogens with one attached hydrogen (secondary N) is 1. The van der Waals surface area contributed by atoms with Crippen LogP contribution in [0.25, 0.3) is 0 Å². The van der Waals surface area contributed by atoms with Gasteiger partial charge in [-0.2, -0.15) is 5.10 Å². The van der Waals surface area contributed by atoms with Crippen LogP contribution in [-0.4, -0.2) is 39.9 Å². The fourth-order valence-electron chi connectivity index (χ4n) is 2.72. The highest BCUT2D eigenvalue weighted by molar-refractivity contribution is 5.03. The van der Waals surface area contributed by atoms with Crippen LogP contribution in [0.5, 0.6) is 0 Å². The third-order valence-corrected chi connectivity index (χ3v) is 4.05. The molecule has 1 saturated heterocycles. The van der Waals surface area contributed by atoms with Crippen LogP contribution < -0.4 is 5.32 Å². The van der Waals surface area contributed by atoms with Gasteiger partial charge in [0.05, 0.1) is 6.20 Å². The normalized spacial score (nSPS) is 18.6. The Bertz CT molecular complexity index is 397. The molecule has 114 valence electrons. The molecule has 1 fully saturated rings. The van der Waals surface area contributed by atoms with Crippen molar-refractivity contribution in [3.8, 4) is 0 Å². The average molecular weight is 278 g/mol. The number of hydrogen-bond donors (Lipinski definition) is 1. The highest BCUT2D eigenvalue weighted by atomic mass is 15.3. The molecule has 0 atom stereocenters. The standard InChI is InChI=1S/C16H30N4/c1-5-20-13-15(11-18-20)12-19-8-6-14(7-9-19)10-17-16(2,3)4/h11,13-14,17H,5-10,12H2,1-4H3. The Morgan fingerprint density at radius 2 is 2.00 bits per heavy atom. The van der Waals surface area contributed by atoms with Crippen LogP contribution in [0, 0.1) is 5.92 Å². The van der Waals surface area contributed by atoms with Crippen LogP contribution >= 0.6 is 0 Å². The molecule has 1 N–H and O–H groups in total. The van der Waals surface area contributed by atoms with Crippen molar-refractivity contribution in [3.63, 3.8) is 0 Å². The number of piperidine rings is 1. The van der Waals surface area contributed by atoms with Crippen molar-refractivity contribution in [1.82, 2.24) is 20.0 Å². The monoisotopic (exact) mass is 278 g/mol. The maximum absolute atomic E-state index is 4.35. The Morgan fingerprint density at radius 1 is 1.30 bits per heavy atom. The third kappa shape index (κ3) is 4.91. The highest BCUT2D eigenvalue weighted by Crippen LogP contribution is 2.19. The van der Waals surface area contributed by atoms with Gasteiger partial charge in [-0.25, -0.2) is 0 Å². The topological polar surface area (TPSA) is 33.1 Å². The summed E-state index contributed by atoms with van der Waals surface area (Å²) >= 11 is 0. The van der Waals surface area contributed by atoms with Crippen molar-refractivity contribution < 1.29 is 0 Å². The second kappa shape index (κ2) is 6.72. The number of likely N-dealkylation sites (tertiary alicyclic amines) is 1. The minimum absolute atomic E-state index is 0.242. The minimum atomic E-state index is 0.242. The SMILES string of the molecule is CCn1cc(CN2CCC(CNC(C)(C)C)CC2)cn1. The van der Waals surface area contributed by atoms with Crippen molar-refractivity contribution in [2.24, 2.45) is 5.92 Å². The molecule has 0 radical (unpaired) electrons. The molecule has 0 unspecified atom stereocenters. The predicted molar refractivity (Wildman–Crippen MR) is 83.7 cm³/mol. The lowest BCUT2D eigenvalue weighted by molar-refractivity contribution is 0.170. The Hall–Kier alpha value is -0.870. The first-order valence-electron chi connectivity index (χ1n) is 7.95. The fraction of sp³-hybridized carbons (Fsp3) is 0.812. The van der Waals surface area contributed by atoms with E-state index in [1.54, 1.807) is 0 Å². The molecule has 0 bridgehead atoms. The lowest BCUT2D eigenvalue weighted by atomic mass is 9.95. The van der Waals surface area contributed by atoms with Crippen LogP contribution in [0.15, 0.2) is 12.4 Å². The summed E-state index contributed by atoms with van der Waals surface area (Å²) in [6, 6.07) is 0. The third-order valence-electron chi connectivity index (χ3n) is 4.05. The van der Waals surface area contributed by atoms with E-state index in [9.17, 15) is 0 Å². The van der Waals surface area contributed by atoms with E-state index in [1.165, 1.54) is 31.5 Å². The van der Waals surface area contributed by atoms with Gasteiger partial charge in [0.25, 0.3) is 0 Å². The van der Waals surface area contributed by atoms with Gasteiger partial charge in [-0.05, 0) is 66.1 Å². The van der Waals surface area contributed by atoms with E-state index in [2.05, 4.69) is 49.2 Å². The van der Waals surface area contributed by atoms with Crippen molar-refractivity contribution in [2.45, 2.75) is 59.2 Å². The molecule has 2 rings (SSSR count). The van der Waals surface area contributed by atoms with Gasteiger partial charge in [-0.1, -0.05) is 0 Å². The maximum atomic E-state index is 4.35. The van der Waals surface area contributed by atoms with Crippen molar-refractivity contribution in [2.75, 3.05) is 19.6 Å². The predicted octanol–water partition coefficient (Wildman–Crippen LogP) is 2.50. The smallest absolute Gasteiger partial charge is 0.0534 e. The van der Waals surface area contributed by atoms with Crippen molar-refractivity contribution in [1.29, 1.82) is 0 Å². The van der Waals surface area contributed by atoms with E-state index in [0.29, 0.717) is 0 Å². The van der Waals surface area contributed by atoms with E-state index in [1.807, 2.05) is 10.9 Å². The molecule has 1 aliphatic rings. The molecular formula is C16H30N4. The fourth-order valence-corrected chi connectivity index (χ4v) is 2.72. The number of hydrogen-bond acceptors (Lipinski definition) is 3. The molecule has 20 heavy (non-hydrogen) atoms. The van der Waals surface area contributed by atoms with Gasteiger partial charge >= 0.3 is 0 Å². The van der Waals surface area contributed by atoms with Crippen molar-refractivity contribution in [3.05, 3.63) is 18.0 Å². The molecule has 4 nitrogen and oxygen atoms in total. The molecule has 1 aliphatic heterocycles. The van der Waals surface area contributed by atoms with E-state index in [4.69, 9.17) is 0 Å². The number of rotatable bonds is 5. The molecule has 0 saturated carbocycles. The Labute approximate surface area is 123 Å². The summed E-state index contributed by atoms with van der Waals surface area (Å²) in [5, 5.41) is 7.99. The molecular weight excluding hydrogens is 248 g/mol. The number of nitrogens with zero attached hydrogens (tertiary/aromatic N) is 3. The number of aryl methyl sites for hydroxylation is 1. The zero-order chi connectivity index (χ0) is 14.6. The van der Waals surface area contributed by atoms with Gasteiger partial charge in [0.1, 0.15) is 0 Å². The molecule has 0 amide bonds. The van der Waals surface area contributed by atoms with Crippen LogP contribution in [0.2, 0.25) is 0 Å². The molecule has 0 aliphatic carbocycles. The lowest BCUT2D eigenvalue weighted by Crippen LogP contribution is -2.42. The van der Waals surface area contributed by atoms with Gasteiger partial charge in [0.15, 0.2) is 0 Å². The summed E-state index contributed by atoms with van der Waals surface area (Å²) in [6.07, 6.45) is 6.81. The Balaban J connectivity index is 1.71. The van der Waals surface area contributed by atoms with E-state index in [-0.39, 0.29) is 5.54 Å². The Kier molecular flexibility index (Phi) is 5.22. The van der Waals surface area contributed by atoms with Gasteiger partial charge in [-0.3, -0.25) is 9.58 Å². The quantitative estimate of drug-likeness (QED) is 0.898. The zero-order valence-corrected chi connectivity index (χ0v) is 13.5. The molecule has 4 heteroatoms.